The number of nitrogens with two attached hydrogens (primary N) is 1. The van der Waals surface area contributed by atoms with Gasteiger partial charge in [0.1, 0.15) is 4.99 Å². The van der Waals surface area contributed by atoms with Gasteiger partial charge in [0.25, 0.3) is 0 Å². The van der Waals surface area contributed by atoms with Crippen LogP contribution in [0, 0.1) is 11.8 Å². The monoisotopic (exact) mass is 354 g/mol. The molecule has 1 aliphatic rings. The van der Waals surface area contributed by atoms with Gasteiger partial charge in [0.2, 0.25) is 0 Å². The minimum Gasteiger partial charge on any atom is -0.389 e. The molecule has 3 N–H and O–H groups in total. The first-order valence-electron chi connectivity index (χ1n) is 7.40. The molecular formula is C16H23BrN2S. The fraction of sp³-hybridized carbons (Fsp3) is 0.562. The molecule has 0 amide bonds. The summed E-state index contributed by atoms with van der Waals surface area (Å²) in [7, 11) is 0. The Morgan fingerprint density at radius 2 is 2.25 bits per heavy atom. The Labute approximate surface area is 135 Å². The van der Waals surface area contributed by atoms with Gasteiger partial charge < -0.3 is 11.1 Å². The van der Waals surface area contributed by atoms with Gasteiger partial charge in [-0.3, -0.25) is 0 Å². The molecule has 0 saturated heterocycles. The second-order valence-corrected chi connectivity index (χ2v) is 7.17. The van der Waals surface area contributed by atoms with E-state index in [0.29, 0.717) is 4.99 Å². The van der Waals surface area contributed by atoms with Gasteiger partial charge >= 0.3 is 0 Å². The Morgan fingerprint density at radius 3 is 2.95 bits per heavy atom. The highest BCUT2D eigenvalue weighted by Crippen LogP contribution is 2.31. The van der Waals surface area contributed by atoms with Gasteiger partial charge in [-0.2, -0.15) is 0 Å². The molecule has 1 aliphatic carbocycles. The average molecular weight is 355 g/mol. The highest BCUT2D eigenvalue weighted by Gasteiger charge is 2.18. The maximum absolute atomic E-state index is 5.81. The fourth-order valence-corrected chi connectivity index (χ4v) is 4.09. The maximum Gasteiger partial charge on any atom is 0.107 e. The van der Waals surface area contributed by atoms with E-state index in [-0.39, 0.29) is 0 Å². The zero-order valence-electron chi connectivity index (χ0n) is 12.0. The molecule has 2 atom stereocenters. The van der Waals surface area contributed by atoms with Gasteiger partial charge in [0.05, 0.1) is 0 Å². The van der Waals surface area contributed by atoms with E-state index in [1.54, 1.807) is 0 Å². The lowest BCUT2D eigenvalue weighted by Gasteiger charge is -2.27. The number of benzene rings is 1. The quantitative estimate of drug-likeness (QED) is 0.751. The second-order valence-electron chi connectivity index (χ2n) is 5.88. The number of rotatable bonds is 5. The highest BCUT2D eigenvalue weighted by molar-refractivity contribution is 9.10. The number of halogens is 1. The van der Waals surface area contributed by atoms with Crippen molar-refractivity contribution in [1.29, 1.82) is 0 Å². The van der Waals surface area contributed by atoms with Crippen molar-refractivity contribution in [3.05, 3.63) is 28.2 Å². The van der Waals surface area contributed by atoms with E-state index in [9.17, 15) is 0 Å². The Morgan fingerprint density at radius 1 is 1.45 bits per heavy atom. The lowest BCUT2D eigenvalue weighted by Crippen LogP contribution is -2.18. The summed E-state index contributed by atoms with van der Waals surface area (Å²) in [5.74, 6) is 1.76. The molecule has 2 rings (SSSR count). The first-order chi connectivity index (χ1) is 9.58. The zero-order chi connectivity index (χ0) is 14.5. The first kappa shape index (κ1) is 15.8. The van der Waals surface area contributed by atoms with Crippen LogP contribution in [0.2, 0.25) is 0 Å². The number of hydrogen-bond donors (Lipinski definition) is 2. The summed E-state index contributed by atoms with van der Waals surface area (Å²) >= 11 is 8.65. The molecule has 0 aromatic heterocycles. The third-order valence-corrected chi connectivity index (χ3v) is 5.04. The van der Waals surface area contributed by atoms with Crippen molar-refractivity contribution < 1.29 is 0 Å². The Balaban J connectivity index is 1.91. The molecule has 0 radical (unpaired) electrons. The zero-order valence-corrected chi connectivity index (χ0v) is 14.4. The summed E-state index contributed by atoms with van der Waals surface area (Å²) in [6.45, 7) is 3.36. The summed E-state index contributed by atoms with van der Waals surface area (Å²) in [6.07, 6.45) is 6.78. The maximum atomic E-state index is 5.81. The van der Waals surface area contributed by atoms with Gasteiger partial charge in [-0.25, -0.2) is 0 Å². The van der Waals surface area contributed by atoms with E-state index >= 15 is 0 Å². The molecular weight excluding hydrogens is 332 g/mol. The van der Waals surface area contributed by atoms with Crippen molar-refractivity contribution in [1.82, 2.24) is 0 Å². The van der Waals surface area contributed by atoms with Crippen molar-refractivity contribution in [2.24, 2.45) is 17.6 Å². The minimum atomic E-state index is 0.436. The van der Waals surface area contributed by atoms with E-state index in [2.05, 4.69) is 28.2 Å². The third kappa shape index (κ3) is 4.19. The van der Waals surface area contributed by atoms with Crippen LogP contribution < -0.4 is 11.1 Å². The summed E-state index contributed by atoms with van der Waals surface area (Å²) in [4.78, 5) is 0.436. The van der Waals surface area contributed by atoms with E-state index in [0.717, 1.165) is 34.1 Å². The minimum absolute atomic E-state index is 0.436. The first-order valence-corrected chi connectivity index (χ1v) is 8.60. The van der Waals surface area contributed by atoms with Crippen LogP contribution in [0.1, 0.15) is 44.6 Å². The van der Waals surface area contributed by atoms with Crippen molar-refractivity contribution in [3.8, 4) is 0 Å². The van der Waals surface area contributed by atoms with Gasteiger partial charge in [0, 0.05) is 22.3 Å². The van der Waals surface area contributed by atoms with Crippen LogP contribution in [0.15, 0.2) is 22.7 Å². The molecule has 20 heavy (non-hydrogen) atoms. The third-order valence-electron chi connectivity index (χ3n) is 4.17. The van der Waals surface area contributed by atoms with Crippen molar-refractivity contribution in [3.63, 3.8) is 0 Å². The van der Waals surface area contributed by atoms with Crippen LogP contribution in [-0.2, 0) is 0 Å². The Kier molecular flexibility index (Phi) is 5.85. The Hall–Kier alpha value is -0.610. The molecule has 0 heterocycles. The fourth-order valence-electron chi connectivity index (χ4n) is 3.15. The van der Waals surface area contributed by atoms with Crippen LogP contribution in [0.5, 0.6) is 0 Å². The molecule has 0 aliphatic heterocycles. The molecule has 0 spiro atoms. The topological polar surface area (TPSA) is 38.0 Å². The van der Waals surface area contributed by atoms with Gasteiger partial charge in [-0.05, 0) is 52.7 Å². The van der Waals surface area contributed by atoms with Gasteiger partial charge in [-0.15, -0.1) is 0 Å². The summed E-state index contributed by atoms with van der Waals surface area (Å²) in [5, 5.41) is 3.50. The summed E-state index contributed by atoms with van der Waals surface area (Å²) < 4.78 is 0.960. The number of hydrogen-bond acceptors (Lipinski definition) is 2. The largest absolute Gasteiger partial charge is 0.389 e. The number of thiocarbonyl (C=S) groups is 1. The second kappa shape index (κ2) is 7.41. The van der Waals surface area contributed by atoms with Crippen LogP contribution in [0.4, 0.5) is 5.69 Å². The van der Waals surface area contributed by atoms with E-state index < -0.39 is 0 Å². The number of anilines is 1. The smallest absolute Gasteiger partial charge is 0.107 e. The number of nitrogens with one attached hydrogen (secondary N) is 1. The molecule has 1 aromatic rings. The Bertz CT molecular complexity index is 476. The van der Waals surface area contributed by atoms with E-state index in [4.69, 9.17) is 18.0 Å². The summed E-state index contributed by atoms with van der Waals surface area (Å²) in [5.41, 5.74) is 7.76. The van der Waals surface area contributed by atoms with Crippen molar-refractivity contribution >= 4 is 38.8 Å². The van der Waals surface area contributed by atoms with Crippen molar-refractivity contribution in [2.75, 3.05) is 11.9 Å². The highest BCUT2D eigenvalue weighted by atomic mass is 79.9. The lowest BCUT2D eigenvalue weighted by atomic mass is 9.81. The average Bonchev–Trinajstić information content (AvgIpc) is 2.38. The molecule has 0 bridgehead atoms. The van der Waals surface area contributed by atoms with Gasteiger partial charge in [-0.1, -0.05) is 44.5 Å². The summed E-state index contributed by atoms with van der Waals surface area (Å²) in [6, 6.07) is 6.03. The normalized spacial score (nSPS) is 22.5. The molecule has 2 unspecified atom stereocenters. The molecule has 1 saturated carbocycles. The van der Waals surface area contributed by atoms with Gasteiger partial charge in [0.15, 0.2) is 0 Å². The predicted octanol–water partition coefficient (Wildman–Crippen LogP) is 4.71. The molecule has 4 heteroatoms. The lowest BCUT2D eigenvalue weighted by molar-refractivity contribution is 0.274. The van der Waals surface area contributed by atoms with E-state index in [1.807, 2.05) is 18.2 Å². The van der Waals surface area contributed by atoms with Crippen LogP contribution in [0.3, 0.4) is 0 Å². The van der Waals surface area contributed by atoms with Crippen LogP contribution in [0.25, 0.3) is 0 Å². The molecule has 2 nitrogen and oxygen atoms in total. The van der Waals surface area contributed by atoms with E-state index in [1.165, 1.54) is 32.1 Å². The predicted molar refractivity (Wildman–Crippen MR) is 94.3 cm³/mol. The molecule has 1 fully saturated rings. The van der Waals surface area contributed by atoms with Crippen LogP contribution >= 0.6 is 28.1 Å². The molecule has 1 aromatic carbocycles. The SMILES string of the molecule is CC1CCCC(CCNc2cccc(Br)c2C(N)=S)C1. The molecule has 110 valence electrons. The standard InChI is InChI=1S/C16H23BrN2S/c1-11-4-2-5-12(10-11)8-9-19-14-7-3-6-13(17)15(14)16(18)20/h3,6-7,11-12,19H,2,4-5,8-10H2,1H3,(H2,18,20). The van der Waals surface area contributed by atoms with Crippen LogP contribution in [-0.4, -0.2) is 11.5 Å². The van der Waals surface area contributed by atoms with Crippen molar-refractivity contribution in [2.45, 2.75) is 39.0 Å².